The van der Waals surface area contributed by atoms with Gasteiger partial charge in [-0.3, -0.25) is 9.67 Å². The molecular formula is C23H35N5O. The molecular weight excluding hydrogens is 362 g/mol. The fraction of sp³-hybridized carbons (Fsp3) is 0.565. The number of aryl methyl sites for hydroxylation is 3. The highest BCUT2D eigenvalue weighted by Crippen LogP contribution is 2.27. The molecule has 1 saturated carbocycles. The molecule has 1 aromatic carbocycles. The number of hydrogen-bond acceptors (Lipinski definition) is 3. The molecule has 2 N–H and O–H groups in total. The Hall–Kier alpha value is -2.50. The number of nitrogens with one attached hydrogen (secondary N) is 2. The molecule has 1 aromatic heterocycles. The highest BCUT2D eigenvalue weighted by molar-refractivity contribution is 5.79. The molecule has 0 amide bonds. The van der Waals surface area contributed by atoms with E-state index in [0.717, 1.165) is 43.2 Å². The van der Waals surface area contributed by atoms with Crippen molar-refractivity contribution in [2.24, 2.45) is 12.0 Å². The zero-order valence-electron chi connectivity index (χ0n) is 18.5. The van der Waals surface area contributed by atoms with Crippen LogP contribution in [0, 0.1) is 20.8 Å². The van der Waals surface area contributed by atoms with Crippen molar-refractivity contribution in [1.82, 2.24) is 20.4 Å². The molecule has 1 fully saturated rings. The van der Waals surface area contributed by atoms with Crippen molar-refractivity contribution in [3.05, 3.63) is 46.3 Å². The third kappa shape index (κ3) is 5.52. The molecule has 0 unspecified atom stereocenters. The van der Waals surface area contributed by atoms with Crippen LogP contribution < -0.4 is 15.4 Å². The summed E-state index contributed by atoms with van der Waals surface area (Å²) in [7, 11) is 3.80. The number of ether oxygens (including phenoxy) is 1. The molecule has 6 heteroatoms. The van der Waals surface area contributed by atoms with Gasteiger partial charge in [-0.1, -0.05) is 12.1 Å². The third-order valence-electron chi connectivity index (χ3n) is 5.81. The van der Waals surface area contributed by atoms with Crippen molar-refractivity contribution in [1.29, 1.82) is 0 Å². The second-order valence-corrected chi connectivity index (χ2v) is 8.01. The van der Waals surface area contributed by atoms with Crippen LogP contribution in [-0.4, -0.2) is 35.4 Å². The lowest BCUT2D eigenvalue weighted by atomic mass is 10.1. The summed E-state index contributed by atoms with van der Waals surface area (Å²) in [6.07, 6.45) is 6.16. The van der Waals surface area contributed by atoms with Gasteiger partial charge in [0.15, 0.2) is 5.96 Å². The summed E-state index contributed by atoms with van der Waals surface area (Å²) in [5.74, 6) is 1.80. The van der Waals surface area contributed by atoms with E-state index in [9.17, 15) is 0 Å². The molecule has 0 aliphatic heterocycles. The summed E-state index contributed by atoms with van der Waals surface area (Å²) in [5.41, 5.74) is 6.03. The standard InChI is InChI=1S/C23H35N5O/c1-16-10-11-19(22(14-16)29-20-8-6-7-9-20)15-26-23(24-4)25-13-12-21-17(2)27-28(5)18(21)3/h10-11,14,20H,6-9,12-13,15H2,1-5H3,(H2,24,25,26). The Morgan fingerprint density at radius 1 is 1.21 bits per heavy atom. The zero-order valence-corrected chi connectivity index (χ0v) is 18.5. The quantitative estimate of drug-likeness (QED) is 0.554. The van der Waals surface area contributed by atoms with E-state index in [1.165, 1.54) is 35.2 Å². The van der Waals surface area contributed by atoms with Gasteiger partial charge in [-0.15, -0.1) is 0 Å². The Balaban J connectivity index is 1.55. The van der Waals surface area contributed by atoms with Crippen molar-refractivity contribution in [2.75, 3.05) is 13.6 Å². The normalized spacial score (nSPS) is 15.0. The predicted octanol–water partition coefficient (Wildman–Crippen LogP) is 3.57. The summed E-state index contributed by atoms with van der Waals surface area (Å²) >= 11 is 0. The van der Waals surface area contributed by atoms with Gasteiger partial charge >= 0.3 is 0 Å². The molecule has 1 aliphatic rings. The number of guanidine groups is 1. The molecule has 0 saturated heterocycles. The van der Waals surface area contributed by atoms with Gasteiger partial charge in [-0.25, -0.2) is 0 Å². The molecule has 0 radical (unpaired) electrons. The Kier molecular flexibility index (Phi) is 7.18. The number of aliphatic imine (C=N–C) groups is 1. The summed E-state index contributed by atoms with van der Waals surface area (Å²) in [4.78, 5) is 4.37. The van der Waals surface area contributed by atoms with E-state index in [1.807, 2.05) is 11.7 Å². The van der Waals surface area contributed by atoms with Crippen LogP contribution in [0.4, 0.5) is 0 Å². The van der Waals surface area contributed by atoms with Crippen LogP contribution in [0.2, 0.25) is 0 Å². The van der Waals surface area contributed by atoms with Crippen LogP contribution in [0.1, 0.15) is 53.8 Å². The van der Waals surface area contributed by atoms with Gasteiger partial charge in [0, 0.05) is 38.4 Å². The first-order valence-electron chi connectivity index (χ1n) is 10.7. The Morgan fingerprint density at radius 2 is 1.97 bits per heavy atom. The molecule has 0 bridgehead atoms. The lowest BCUT2D eigenvalue weighted by Crippen LogP contribution is -2.38. The molecule has 1 aliphatic carbocycles. The van der Waals surface area contributed by atoms with Crippen LogP contribution in [0.5, 0.6) is 5.75 Å². The van der Waals surface area contributed by atoms with Crippen LogP contribution in [0.3, 0.4) is 0 Å². The summed E-state index contributed by atoms with van der Waals surface area (Å²) < 4.78 is 8.26. The zero-order chi connectivity index (χ0) is 20.8. The monoisotopic (exact) mass is 397 g/mol. The van der Waals surface area contributed by atoms with E-state index in [0.29, 0.717) is 12.6 Å². The molecule has 3 rings (SSSR count). The SMILES string of the molecule is CN=C(NCCc1c(C)nn(C)c1C)NCc1ccc(C)cc1OC1CCCC1. The van der Waals surface area contributed by atoms with E-state index >= 15 is 0 Å². The average molecular weight is 398 g/mol. The number of benzene rings is 1. The topological polar surface area (TPSA) is 63.5 Å². The fourth-order valence-corrected chi connectivity index (χ4v) is 3.99. The van der Waals surface area contributed by atoms with Crippen molar-refractivity contribution in [2.45, 2.75) is 65.5 Å². The van der Waals surface area contributed by atoms with Gasteiger partial charge in [0.25, 0.3) is 0 Å². The Labute approximate surface area is 174 Å². The highest BCUT2D eigenvalue weighted by Gasteiger charge is 2.18. The number of hydrogen-bond donors (Lipinski definition) is 2. The first kappa shape index (κ1) is 21.2. The lowest BCUT2D eigenvalue weighted by Gasteiger charge is -2.18. The third-order valence-corrected chi connectivity index (χ3v) is 5.81. The average Bonchev–Trinajstić information content (AvgIpc) is 3.28. The van der Waals surface area contributed by atoms with Gasteiger partial charge in [-0.05, 0) is 70.1 Å². The van der Waals surface area contributed by atoms with Crippen molar-refractivity contribution in [3.63, 3.8) is 0 Å². The number of rotatable bonds is 7. The van der Waals surface area contributed by atoms with Crippen molar-refractivity contribution >= 4 is 5.96 Å². The van der Waals surface area contributed by atoms with Crippen LogP contribution in [0.15, 0.2) is 23.2 Å². The van der Waals surface area contributed by atoms with E-state index in [-0.39, 0.29) is 0 Å². The summed E-state index contributed by atoms with van der Waals surface area (Å²) in [6.45, 7) is 7.80. The van der Waals surface area contributed by atoms with E-state index < -0.39 is 0 Å². The molecule has 2 aromatic rings. The first-order chi connectivity index (χ1) is 14.0. The van der Waals surface area contributed by atoms with Gasteiger partial charge in [0.05, 0.1) is 11.8 Å². The van der Waals surface area contributed by atoms with Crippen LogP contribution in [0.25, 0.3) is 0 Å². The first-order valence-corrected chi connectivity index (χ1v) is 10.7. The maximum absolute atomic E-state index is 6.31. The Bertz CT molecular complexity index is 849. The van der Waals surface area contributed by atoms with Crippen molar-refractivity contribution in [3.8, 4) is 5.75 Å². The predicted molar refractivity (Wildman–Crippen MR) is 119 cm³/mol. The summed E-state index contributed by atoms with van der Waals surface area (Å²) in [6, 6.07) is 6.45. The maximum Gasteiger partial charge on any atom is 0.191 e. The minimum atomic E-state index is 0.360. The second-order valence-electron chi connectivity index (χ2n) is 8.01. The van der Waals surface area contributed by atoms with Crippen LogP contribution >= 0.6 is 0 Å². The van der Waals surface area contributed by atoms with Gasteiger partial charge in [0.1, 0.15) is 5.75 Å². The fourth-order valence-electron chi connectivity index (χ4n) is 3.99. The van der Waals surface area contributed by atoms with E-state index in [4.69, 9.17) is 4.74 Å². The maximum atomic E-state index is 6.31. The van der Waals surface area contributed by atoms with Gasteiger partial charge < -0.3 is 15.4 Å². The molecule has 1 heterocycles. The Morgan fingerprint density at radius 3 is 2.62 bits per heavy atom. The van der Waals surface area contributed by atoms with Crippen LogP contribution in [-0.2, 0) is 20.0 Å². The summed E-state index contributed by atoms with van der Waals surface area (Å²) in [5, 5.41) is 11.3. The lowest BCUT2D eigenvalue weighted by molar-refractivity contribution is 0.207. The van der Waals surface area contributed by atoms with E-state index in [1.54, 1.807) is 7.05 Å². The molecule has 0 atom stereocenters. The highest BCUT2D eigenvalue weighted by atomic mass is 16.5. The minimum Gasteiger partial charge on any atom is -0.490 e. The number of nitrogens with zero attached hydrogens (tertiary/aromatic N) is 3. The second kappa shape index (κ2) is 9.81. The van der Waals surface area contributed by atoms with Crippen molar-refractivity contribution < 1.29 is 4.74 Å². The number of aromatic nitrogens is 2. The largest absolute Gasteiger partial charge is 0.490 e. The van der Waals surface area contributed by atoms with Gasteiger partial charge in [0.2, 0.25) is 0 Å². The molecule has 29 heavy (non-hydrogen) atoms. The molecule has 0 spiro atoms. The van der Waals surface area contributed by atoms with E-state index in [2.05, 4.69) is 59.7 Å². The minimum absolute atomic E-state index is 0.360. The smallest absolute Gasteiger partial charge is 0.191 e. The molecule has 6 nitrogen and oxygen atoms in total. The molecule has 158 valence electrons. The van der Waals surface area contributed by atoms with Gasteiger partial charge in [-0.2, -0.15) is 5.10 Å².